The predicted molar refractivity (Wildman–Crippen MR) is 73.6 cm³/mol. The second-order valence-electron chi connectivity index (χ2n) is 3.96. The fourth-order valence-corrected chi connectivity index (χ4v) is 1.97. The van der Waals surface area contributed by atoms with Crippen molar-refractivity contribution in [3.8, 4) is 22.9 Å². The SMILES string of the molecule is COC(=O)Cc1nc(-c2cc(Cl)c(OC)c(OC)c2)no1. The molecule has 21 heavy (non-hydrogen) atoms. The maximum atomic E-state index is 11.2. The quantitative estimate of drug-likeness (QED) is 0.782. The summed E-state index contributed by atoms with van der Waals surface area (Å²) in [5.74, 6) is 0.843. The van der Waals surface area contributed by atoms with Crippen LogP contribution < -0.4 is 9.47 Å². The molecule has 0 spiro atoms. The van der Waals surface area contributed by atoms with Crippen molar-refractivity contribution in [3.05, 3.63) is 23.0 Å². The van der Waals surface area contributed by atoms with Gasteiger partial charge in [0.05, 0.1) is 26.4 Å². The van der Waals surface area contributed by atoms with Gasteiger partial charge >= 0.3 is 5.97 Å². The summed E-state index contributed by atoms with van der Waals surface area (Å²) in [6.45, 7) is 0. The molecule has 0 aliphatic carbocycles. The van der Waals surface area contributed by atoms with E-state index < -0.39 is 5.97 Å². The van der Waals surface area contributed by atoms with Gasteiger partial charge in [0.15, 0.2) is 11.5 Å². The lowest BCUT2D eigenvalue weighted by atomic mass is 10.2. The zero-order chi connectivity index (χ0) is 15.4. The molecule has 2 rings (SSSR count). The number of rotatable bonds is 5. The van der Waals surface area contributed by atoms with E-state index in [0.29, 0.717) is 22.1 Å². The topological polar surface area (TPSA) is 83.7 Å². The average molecular weight is 313 g/mol. The lowest BCUT2D eigenvalue weighted by Crippen LogP contribution is -2.04. The second kappa shape index (κ2) is 6.45. The largest absolute Gasteiger partial charge is 0.493 e. The van der Waals surface area contributed by atoms with Gasteiger partial charge in [-0.15, -0.1) is 0 Å². The highest BCUT2D eigenvalue weighted by Gasteiger charge is 2.17. The fourth-order valence-electron chi connectivity index (χ4n) is 1.69. The molecule has 0 bridgehead atoms. The first-order valence-electron chi connectivity index (χ1n) is 5.90. The smallest absolute Gasteiger partial charge is 0.315 e. The van der Waals surface area contributed by atoms with E-state index in [1.165, 1.54) is 21.3 Å². The van der Waals surface area contributed by atoms with Gasteiger partial charge in [-0.2, -0.15) is 4.98 Å². The third-order valence-electron chi connectivity index (χ3n) is 2.68. The van der Waals surface area contributed by atoms with Crippen LogP contribution in [0.5, 0.6) is 11.5 Å². The molecule has 0 fully saturated rings. The van der Waals surface area contributed by atoms with Crippen molar-refractivity contribution >= 4 is 17.6 Å². The van der Waals surface area contributed by atoms with E-state index in [1.807, 2.05) is 0 Å². The first-order chi connectivity index (χ1) is 10.1. The molecule has 2 aromatic rings. The van der Waals surface area contributed by atoms with Crippen molar-refractivity contribution in [1.29, 1.82) is 0 Å². The lowest BCUT2D eigenvalue weighted by molar-refractivity contribution is -0.140. The van der Waals surface area contributed by atoms with Gasteiger partial charge in [0, 0.05) is 5.56 Å². The third kappa shape index (κ3) is 3.25. The van der Waals surface area contributed by atoms with Crippen LogP contribution in [0.2, 0.25) is 5.02 Å². The van der Waals surface area contributed by atoms with Crippen molar-refractivity contribution in [1.82, 2.24) is 10.1 Å². The maximum absolute atomic E-state index is 11.2. The number of aromatic nitrogens is 2. The Labute approximate surface area is 125 Å². The molecular weight excluding hydrogens is 300 g/mol. The molecular formula is C13H13ClN2O5. The monoisotopic (exact) mass is 312 g/mol. The molecule has 0 N–H and O–H groups in total. The summed E-state index contributed by atoms with van der Waals surface area (Å²) in [5, 5.41) is 4.15. The minimum Gasteiger partial charge on any atom is -0.493 e. The van der Waals surface area contributed by atoms with Crippen molar-refractivity contribution in [2.75, 3.05) is 21.3 Å². The highest BCUT2D eigenvalue weighted by atomic mass is 35.5. The maximum Gasteiger partial charge on any atom is 0.315 e. The Balaban J connectivity index is 2.34. The van der Waals surface area contributed by atoms with Crippen LogP contribution in [0.1, 0.15) is 5.89 Å². The summed E-state index contributed by atoms with van der Waals surface area (Å²) in [7, 11) is 4.27. The van der Waals surface area contributed by atoms with Crippen LogP contribution in [0.25, 0.3) is 11.4 Å². The molecule has 1 aromatic heterocycles. The van der Waals surface area contributed by atoms with Crippen LogP contribution >= 0.6 is 11.6 Å². The van der Waals surface area contributed by atoms with E-state index in [1.54, 1.807) is 12.1 Å². The molecule has 8 heteroatoms. The number of carbonyl (C=O) groups excluding carboxylic acids is 1. The summed E-state index contributed by atoms with van der Waals surface area (Å²) in [5.41, 5.74) is 0.581. The summed E-state index contributed by atoms with van der Waals surface area (Å²) < 4.78 is 19.9. The Morgan fingerprint density at radius 1 is 1.29 bits per heavy atom. The molecule has 0 amide bonds. The summed E-state index contributed by atoms with van der Waals surface area (Å²) >= 11 is 6.11. The van der Waals surface area contributed by atoms with Crippen LogP contribution in [0.3, 0.4) is 0 Å². The Morgan fingerprint density at radius 2 is 2.05 bits per heavy atom. The van der Waals surface area contributed by atoms with Gasteiger partial charge in [-0.25, -0.2) is 0 Å². The Bertz CT molecular complexity index is 656. The molecule has 0 unspecified atom stereocenters. The number of halogens is 1. The molecule has 0 aliphatic heterocycles. The summed E-state index contributed by atoms with van der Waals surface area (Å²) in [4.78, 5) is 15.3. The van der Waals surface area contributed by atoms with Crippen molar-refractivity contribution in [2.24, 2.45) is 0 Å². The third-order valence-corrected chi connectivity index (χ3v) is 2.96. The van der Waals surface area contributed by atoms with E-state index in [0.717, 1.165) is 0 Å². The zero-order valence-electron chi connectivity index (χ0n) is 11.7. The number of hydrogen-bond donors (Lipinski definition) is 0. The minimum atomic E-state index is -0.462. The first kappa shape index (κ1) is 15.1. The van der Waals surface area contributed by atoms with Crippen molar-refractivity contribution in [3.63, 3.8) is 0 Å². The Hall–Kier alpha value is -2.28. The van der Waals surface area contributed by atoms with Gasteiger partial charge in [-0.1, -0.05) is 16.8 Å². The number of esters is 1. The second-order valence-corrected chi connectivity index (χ2v) is 4.37. The highest BCUT2D eigenvalue weighted by molar-refractivity contribution is 6.32. The fraction of sp³-hybridized carbons (Fsp3) is 0.308. The number of carbonyl (C=O) groups is 1. The average Bonchev–Trinajstić information content (AvgIpc) is 2.94. The van der Waals surface area contributed by atoms with Gasteiger partial charge < -0.3 is 18.7 Å². The number of benzene rings is 1. The standard InChI is InChI=1S/C13H13ClN2O5/c1-18-9-5-7(4-8(14)12(9)20-3)13-15-10(21-16-13)6-11(17)19-2/h4-5H,6H2,1-3H3. The van der Waals surface area contributed by atoms with E-state index in [-0.39, 0.29) is 18.1 Å². The van der Waals surface area contributed by atoms with Gasteiger partial charge in [-0.3, -0.25) is 4.79 Å². The summed E-state index contributed by atoms with van der Waals surface area (Å²) in [6.07, 6.45) is -0.0927. The number of methoxy groups -OCH3 is 3. The van der Waals surface area contributed by atoms with Gasteiger partial charge in [0.2, 0.25) is 11.7 Å². The molecule has 0 atom stereocenters. The number of nitrogens with zero attached hydrogens (tertiary/aromatic N) is 2. The van der Waals surface area contributed by atoms with Gasteiger partial charge in [0.1, 0.15) is 6.42 Å². The summed E-state index contributed by atoms with van der Waals surface area (Å²) in [6, 6.07) is 3.28. The predicted octanol–water partition coefficient (Wildman–Crippen LogP) is 2.12. The molecule has 1 aromatic carbocycles. The van der Waals surface area contributed by atoms with Crippen LogP contribution in [0.15, 0.2) is 16.7 Å². The molecule has 7 nitrogen and oxygen atoms in total. The molecule has 1 heterocycles. The highest BCUT2D eigenvalue weighted by Crippen LogP contribution is 2.38. The van der Waals surface area contributed by atoms with E-state index in [9.17, 15) is 4.79 Å². The van der Waals surface area contributed by atoms with E-state index >= 15 is 0 Å². The zero-order valence-corrected chi connectivity index (χ0v) is 12.4. The first-order valence-corrected chi connectivity index (χ1v) is 6.28. The van der Waals surface area contributed by atoms with Crippen LogP contribution in [-0.2, 0) is 16.0 Å². The minimum absolute atomic E-state index is 0.0927. The number of ether oxygens (including phenoxy) is 3. The van der Waals surface area contributed by atoms with Crippen LogP contribution in [-0.4, -0.2) is 37.4 Å². The van der Waals surface area contributed by atoms with Crippen LogP contribution in [0.4, 0.5) is 0 Å². The van der Waals surface area contributed by atoms with E-state index in [4.69, 9.17) is 25.6 Å². The van der Waals surface area contributed by atoms with Crippen molar-refractivity contribution < 1.29 is 23.5 Å². The number of hydrogen-bond acceptors (Lipinski definition) is 7. The van der Waals surface area contributed by atoms with Gasteiger partial charge in [-0.05, 0) is 12.1 Å². The van der Waals surface area contributed by atoms with Crippen LogP contribution in [0, 0.1) is 0 Å². The molecule has 0 radical (unpaired) electrons. The molecule has 0 saturated carbocycles. The van der Waals surface area contributed by atoms with Crippen molar-refractivity contribution in [2.45, 2.75) is 6.42 Å². The Morgan fingerprint density at radius 3 is 2.67 bits per heavy atom. The normalized spacial score (nSPS) is 10.3. The molecule has 0 aliphatic rings. The lowest BCUT2D eigenvalue weighted by Gasteiger charge is -2.10. The Kier molecular flexibility index (Phi) is 4.64. The molecule has 112 valence electrons. The van der Waals surface area contributed by atoms with E-state index in [2.05, 4.69) is 14.9 Å². The molecule has 0 saturated heterocycles. The van der Waals surface area contributed by atoms with Gasteiger partial charge in [0.25, 0.3) is 0 Å².